The number of alkyl halides is 3. The minimum Gasteiger partial charge on any atom is -0.469 e. The highest BCUT2D eigenvalue weighted by Gasteiger charge is 2.56. The van der Waals surface area contributed by atoms with Crippen molar-refractivity contribution < 1.29 is 31.8 Å². The molecule has 33 heavy (non-hydrogen) atoms. The summed E-state index contributed by atoms with van der Waals surface area (Å²) in [5.74, 6) is -1.72. The predicted octanol–water partition coefficient (Wildman–Crippen LogP) is 6.58. The summed E-state index contributed by atoms with van der Waals surface area (Å²) in [6.45, 7) is 4.19. The van der Waals surface area contributed by atoms with E-state index in [0.717, 1.165) is 17.2 Å². The van der Waals surface area contributed by atoms with Gasteiger partial charge in [-0.3, -0.25) is 4.79 Å². The van der Waals surface area contributed by atoms with Crippen LogP contribution in [-0.4, -0.2) is 25.3 Å². The minimum absolute atomic E-state index is 0.0538. The molecule has 2 aromatic rings. The fraction of sp³-hybridized carbons (Fsp3) is 0.500. The van der Waals surface area contributed by atoms with Gasteiger partial charge in [-0.05, 0) is 66.1 Å². The summed E-state index contributed by atoms with van der Waals surface area (Å²) < 4.78 is 65.4. The first-order chi connectivity index (χ1) is 15.6. The molecule has 1 saturated heterocycles. The zero-order valence-electron chi connectivity index (χ0n) is 18.9. The van der Waals surface area contributed by atoms with Crippen LogP contribution in [0.15, 0.2) is 42.5 Å². The highest BCUT2D eigenvalue weighted by molar-refractivity contribution is 5.74. The van der Waals surface area contributed by atoms with Crippen molar-refractivity contribution in [3.05, 3.63) is 70.5 Å². The lowest BCUT2D eigenvalue weighted by molar-refractivity contribution is -0.147. The Hall–Kier alpha value is -2.41. The van der Waals surface area contributed by atoms with Gasteiger partial charge in [0, 0.05) is 11.8 Å². The van der Waals surface area contributed by atoms with E-state index in [0.29, 0.717) is 24.8 Å². The van der Waals surface area contributed by atoms with E-state index >= 15 is 0 Å². The lowest BCUT2D eigenvalue weighted by Crippen LogP contribution is -2.35. The highest BCUT2D eigenvalue weighted by atomic mass is 19.4. The second-order valence-corrected chi connectivity index (χ2v) is 9.47. The fourth-order valence-corrected chi connectivity index (χ4v) is 5.72. The smallest absolute Gasteiger partial charge is 0.416 e. The largest absolute Gasteiger partial charge is 0.469 e. The second kappa shape index (κ2) is 8.75. The van der Waals surface area contributed by atoms with Gasteiger partial charge < -0.3 is 9.47 Å². The Morgan fingerprint density at radius 3 is 2.45 bits per heavy atom. The molecule has 0 aromatic heterocycles. The molecule has 4 atom stereocenters. The summed E-state index contributed by atoms with van der Waals surface area (Å²) in [6.07, 6.45) is -2.81. The third-order valence-corrected chi connectivity index (χ3v) is 7.22. The third-order valence-electron chi connectivity index (χ3n) is 7.22. The summed E-state index contributed by atoms with van der Waals surface area (Å²) in [6, 6.07) is 9.97. The van der Waals surface area contributed by atoms with Gasteiger partial charge in [0.2, 0.25) is 0 Å². The normalized spacial score (nSPS) is 27.5. The third kappa shape index (κ3) is 4.39. The summed E-state index contributed by atoms with van der Waals surface area (Å²) >= 11 is 0. The predicted molar refractivity (Wildman–Crippen MR) is 115 cm³/mol. The molecule has 0 unspecified atom stereocenters. The van der Waals surface area contributed by atoms with E-state index in [1.807, 2.05) is 13.8 Å². The van der Waals surface area contributed by atoms with E-state index in [9.17, 15) is 22.4 Å². The number of rotatable bonds is 4. The average molecular weight is 464 g/mol. The molecule has 4 rings (SSSR count). The maximum atomic E-state index is 13.6. The fourth-order valence-electron chi connectivity index (χ4n) is 5.72. The Balaban J connectivity index is 1.73. The SMILES string of the molecule is COC(=O)[C@H]1CC[C@@]2(C[C@H](c3cc(C(F)(F)F)ccc3C(C)C)CO2)[C@@H]1c1ccc(F)cc1. The van der Waals surface area contributed by atoms with Gasteiger partial charge in [-0.1, -0.05) is 32.0 Å². The number of halogens is 4. The van der Waals surface area contributed by atoms with Crippen molar-refractivity contribution in [3.8, 4) is 0 Å². The first-order valence-corrected chi connectivity index (χ1v) is 11.2. The van der Waals surface area contributed by atoms with Crippen LogP contribution < -0.4 is 0 Å². The molecule has 1 aliphatic heterocycles. The Labute approximate surface area is 191 Å². The summed E-state index contributed by atoms with van der Waals surface area (Å²) in [5.41, 5.74) is 0.907. The van der Waals surface area contributed by atoms with E-state index in [4.69, 9.17) is 9.47 Å². The molecule has 1 spiro atoms. The number of ether oxygens (including phenoxy) is 2. The summed E-state index contributed by atoms with van der Waals surface area (Å²) in [4.78, 5) is 12.6. The van der Waals surface area contributed by atoms with Gasteiger partial charge in [0.25, 0.3) is 0 Å². The number of hydrogen-bond acceptors (Lipinski definition) is 3. The first kappa shape index (κ1) is 23.7. The van der Waals surface area contributed by atoms with E-state index < -0.39 is 23.3 Å². The number of methoxy groups -OCH3 is 1. The van der Waals surface area contributed by atoms with Gasteiger partial charge in [-0.15, -0.1) is 0 Å². The molecule has 2 fully saturated rings. The molecule has 0 bridgehead atoms. The van der Waals surface area contributed by atoms with Crippen LogP contribution in [0.4, 0.5) is 17.6 Å². The molecule has 0 amide bonds. The van der Waals surface area contributed by atoms with Crippen molar-refractivity contribution in [1.82, 2.24) is 0 Å². The van der Waals surface area contributed by atoms with Gasteiger partial charge in [0.1, 0.15) is 5.82 Å². The molecular formula is C26H28F4O3. The molecule has 3 nitrogen and oxygen atoms in total. The topological polar surface area (TPSA) is 35.5 Å². The van der Waals surface area contributed by atoms with E-state index in [2.05, 4.69) is 0 Å². The molecule has 2 aromatic carbocycles. The molecule has 2 aliphatic rings. The van der Waals surface area contributed by atoms with Crippen LogP contribution in [0.2, 0.25) is 0 Å². The molecule has 1 heterocycles. The van der Waals surface area contributed by atoms with Crippen molar-refractivity contribution >= 4 is 5.97 Å². The Morgan fingerprint density at radius 1 is 1.15 bits per heavy atom. The van der Waals surface area contributed by atoms with Crippen LogP contribution in [0.25, 0.3) is 0 Å². The van der Waals surface area contributed by atoms with E-state index in [-0.39, 0.29) is 36.1 Å². The zero-order valence-corrected chi connectivity index (χ0v) is 18.9. The van der Waals surface area contributed by atoms with Crippen LogP contribution in [0.1, 0.15) is 73.1 Å². The van der Waals surface area contributed by atoms with Crippen molar-refractivity contribution in [3.63, 3.8) is 0 Å². The zero-order chi connectivity index (χ0) is 24.0. The van der Waals surface area contributed by atoms with Crippen molar-refractivity contribution in [1.29, 1.82) is 0 Å². The number of esters is 1. The van der Waals surface area contributed by atoms with Crippen LogP contribution in [0.5, 0.6) is 0 Å². The van der Waals surface area contributed by atoms with Crippen LogP contribution in [0.3, 0.4) is 0 Å². The quantitative estimate of drug-likeness (QED) is 0.379. The molecule has 178 valence electrons. The molecule has 1 saturated carbocycles. The maximum Gasteiger partial charge on any atom is 0.416 e. The van der Waals surface area contributed by atoms with Gasteiger partial charge in [-0.2, -0.15) is 13.2 Å². The minimum atomic E-state index is -4.43. The van der Waals surface area contributed by atoms with Gasteiger partial charge >= 0.3 is 12.1 Å². The Kier molecular flexibility index (Phi) is 6.29. The van der Waals surface area contributed by atoms with Gasteiger partial charge in [0.05, 0.1) is 30.8 Å². The standard InChI is InChI=1S/C26H28F4O3/c1-15(2)20-9-6-18(26(28,29)30)12-22(20)17-13-25(33-14-17)11-10-21(24(31)32-3)23(25)16-4-7-19(27)8-5-16/h4-9,12,15,17,21,23H,10-11,13-14H2,1-3H3/t17-,21-,23+,25+/m0/s1. The number of carbonyl (C=O) groups excluding carboxylic acids is 1. The maximum absolute atomic E-state index is 13.6. The number of benzene rings is 2. The van der Waals surface area contributed by atoms with Gasteiger partial charge in [-0.25, -0.2) is 4.39 Å². The number of hydrogen-bond donors (Lipinski definition) is 0. The first-order valence-electron chi connectivity index (χ1n) is 11.2. The van der Waals surface area contributed by atoms with Crippen LogP contribution in [-0.2, 0) is 20.4 Å². The molecule has 1 aliphatic carbocycles. The molecule has 0 radical (unpaired) electrons. The lowest BCUT2D eigenvalue weighted by atomic mass is 9.75. The monoisotopic (exact) mass is 464 g/mol. The average Bonchev–Trinajstić information content (AvgIpc) is 3.37. The van der Waals surface area contributed by atoms with Crippen molar-refractivity contribution in [2.24, 2.45) is 5.92 Å². The summed E-state index contributed by atoms with van der Waals surface area (Å²) in [7, 11) is 1.34. The van der Waals surface area contributed by atoms with E-state index in [1.54, 1.807) is 18.2 Å². The van der Waals surface area contributed by atoms with Gasteiger partial charge in [0.15, 0.2) is 0 Å². The number of carbonyl (C=O) groups is 1. The van der Waals surface area contributed by atoms with Crippen molar-refractivity contribution in [2.45, 2.75) is 62.6 Å². The highest BCUT2D eigenvalue weighted by Crippen LogP contribution is 2.57. The lowest BCUT2D eigenvalue weighted by Gasteiger charge is -2.33. The molecule has 0 N–H and O–H groups in total. The second-order valence-electron chi connectivity index (χ2n) is 9.47. The van der Waals surface area contributed by atoms with Crippen LogP contribution >= 0.6 is 0 Å². The molecule has 7 heteroatoms. The Morgan fingerprint density at radius 2 is 1.85 bits per heavy atom. The Bertz CT molecular complexity index is 1020. The van der Waals surface area contributed by atoms with Crippen LogP contribution in [0, 0.1) is 11.7 Å². The molecular weight excluding hydrogens is 436 g/mol. The van der Waals surface area contributed by atoms with E-state index in [1.165, 1.54) is 25.3 Å². The van der Waals surface area contributed by atoms with Crippen molar-refractivity contribution in [2.75, 3.05) is 13.7 Å². The summed E-state index contributed by atoms with van der Waals surface area (Å²) in [5, 5.41) is 0.